The van der Waals surface area contributed by atoms with Crippen LogP contribution >= 0.6 is 11.3 Å². The highest BCUT2D eigenvalue weighted by Crippen LogP contribution is 2.26. The molecule has 33 heavy (non-hydrogen) atoms. The fourth-order valence-corrected chi connectivity index (χ4v) is 4.86. The van der Waals surface area contributed by atoms with Gasteiger partial charge in [-0.1, -0.05) is 41.7 Å². The van der Waals surface area contributed by atoms with E-state index in [9.17, 15) is 9.59 Å². The van der Waals surface area contributed by atoms with Gasteiger partial charge in [-0.3, -0.25) is 9.20 Å². The zero-order valence-corrected chi connectivity index (χ0v) is 17.9. The van der Waals surface area contributed by atoms with E-state index < -0.39 is 5.97 Å². The average Bonchev–Trinajstić information content (AvgIpc) is 3.50. The van der Waals surface area contributed by atoms with Crippen molar-refractivity contribution < 1.29 is 13.9 Å². The van der Waals surface area contributed by atoms with Crippen LogP contribution < -0.4 is 5.56 Å². The summed E-state index contributed by atoms with van der Waals surface area (Å²) < 4.78 is 13.5. The van der Waals surface area contributed by atoms with E-state index in [4.69, 9.17) is 9.15 Å². The summed E-state index contributed by atoms with van der Waals surface area (Å²) >= 11 is 1.42. The molecule has 0 aliphatic carbocycles. The zero-order chi connectivity index (χ0) is 22.4. The molecule has 8 heteroatoms. The summed E-state index contributed by atoms with van der Waals surface area (Å²) in [6.45, 7) is -0.119. The number of thiazole rings is 1. The van der Waals surface area contributed by atoms with Gasteiger partial charge in [0.2, 0.25) is 0 Å². The maximum atomic E-state index is 13.1. The molecule has 0 amide bonds. The van der Waals surface area contributed by atoms with E-state index in [1.54, 1.807) is 28.9 Å². The van der Waals surface area contributed by atoms with Crippen molar-refractivity contribution in [1.29, 1.82) is 0 Å². The van der Waals surface area contributed by atoms with Crippen molar-refractivity contribution in [3.05, 3.63) is 101 Å². The van der Waals surface area contributed by atoms with E-state index in [0.29, 0.717) is 38.6 Å². The Kier molecular flexibility index (Phi) is 4.51. The van der Waals surface area contributed by atoms with Gasteiger partial charge < -0.3 is 9.15 Å². The maximum Gasteiger partial charge on any atom is 0.339 e. The topological polar surface area (TPSA) is 86.7 Å². The number of esters is 1. The highest BCUT2D eigenvalue weighted by Gasteiger charge is 2.17. The van der Waals surface area contributed by atoms with Gasteiger partial charge in [0.05, 0.1) is 33.3 Å². The molecule has 0 aliphatic heterocycles. The first-order chi connectivity index (χ1) is 16.2. The number of nitrogens with zero attached hydrogens (tertiary/aromatic N) is 3. The summed E-state index contributed by atoms with van der Waals surface area (Å²) in [5, 5.41) is 0.672. The van der Waals surface area contributed by atoms with Crippen LogP contribution in [0.5, 0.6) is 0 Å². The Morgan fingerprint density at radius 2 is 1.85 bits per heavy atom. The summed E-state index contributed by atoms with van der Waals surface area (Å²) in [5.74, 6) is 0.0273. The third kappa shape index (κ3) is 3.37. The van der Waals surface area contributed by atoms with E-state index in [-0.39, 0.29) is 12.2 Å². The first-order valence-corrected chi connectivity index (χ1v) is 11.0. The molecule has 0 bridgehead atoms. The minimum Gasteiger partial charge on any atom is -0.463 e. The molecular formula is C25H15N3O4S. The second-order valence-electron chi connectivity index (χ2n) is 7.40. The van der Waals surface area contributed by atoms with Crippen molar-refractivity contribution >= 4 is 43.4 Å². The molecule has 4 aromatic heterocycles. The average molecular weight is 453 g/mol. The standard InChI is InChI=1S/C25H15N3O4S/c29-23-12-15(26-25-28(23)20-8-3-4-10-22(20)33-25)14-32-24(30)17-13-19(21-9-5-11-31-21)27-18-7-2-1-6-16(17)18/h1-13H,14H2. The van der Waals surface area contributed by atoms with Crippen LogP contribution in [0.25, 0.3) is 37.5 Å². The molecule has 6 aromatic rings. The number of rotatable bonds is 4. The number of furan rings is 1. The lowest BCUT2D eigenvalue weighted by Gasteiger charge is -2.09. The van der Waals surface area contributed by atoms with Gasteiger partial charge in [0.25, 0.3) is 5.56 Å². The number of ether oxygens (including phenoxy) is 1. The molecular weight excluding hydrogens is 438 g/mol. The van der Waals surface area contributed by atoms with Crippen LogP contribution in [0.1, 0.15) is 16.1 Å². The lowest BCUT2D eigenvalue weighted by molar-refractivity contribution is 0.0470. The van der Waals surface area contributed by atoms with Crippen molar-refractivity contribution in [1.82, 2.24) is 14.4 Å². The fourth-order valence-electron chi connectivity index (χ4n) is 3.81. The summed E-state index contributed by atoms with van der Waals surface area (Å²) in [5.41, 5.74) is 2.55. The molecule has 0 unspecified atom stereocenters. The van der Waals surface area contributed by atoms with Crippen molar-refractivity contribution in [3.8, 4) is 11.5 Å². The van der Waals surface area contributed by atoms with Crippen molar-refractivity contribution in [3.63, 3.8) is 0 Å². The molecule has 0 atom stereocenters. The molecule has 0 N–H and O–H groups in total. The van der Waals surface area contributed by atoms with Crippen LogP contribution in [0, 0.1) is 0 Å². The minimum atomic E-state index is -0.528. The second kappa shape index (κ2) is 7.68. The third-order valence-corrected chi connectivity index (χ3v) is 6.33. The van der Waals surface area contributed by atoms with Crippen LogP contribution in [0.3, 0.4) is 0 Å². The largest absolute Gasteiger partial charge is 0.463 e. The molecule has 0 aliphatic rings. The Morgan fingerprint density at radius 1 is 1.00 bits per heavy atom. The second-order valence-corrected chi connectivity index (χ2v) is 8.41. The van der Waals surface area contributed by atoms with E-state index in [1.165, 1.54) is 17.4 Å². The first kappa shape index (κ1) is 19.4. The van der Waals surface area contributed by atoms with Crippen LogP contribution in [0.4, 0.5) is 0 Å². The molecule has 4 heterocycles. The molecule has 0 spiro atoms. The number of fused-ring (bicyclic) bond motifs is 4. The van der Waals surface area contributed by atoms with E-state index in [1.807, 2.05) is 48.5 Å². The third-order valence-electron chi connectivity index (χ3n) is 5.31. The number of para-hydroxylation sites is 2. The summed E-state index contributed by atoms with van der Waals surface area (Å²) in [6, 6.07) is 21.6. The zero-order valence-electron chi connectivity index (χ0n) is 17.1. The number of pyridine rings is 1. The van der Waals surface area contributed by atoms with Gasteiger partial charge in [-0.05, 0) is 36.4 Å². The normalized spacial score (nSPS) is 11.4. The van der Waals surface area contributed by atoms with Gasteiger partial charge in [0.1, 0.15) is 12.3 Å². The molecule has 7 nitrogen and oxygen atoms in total. The number of hydrogen-bond donors (Lipinski definition) is 0. The smallest absolute Gasteiger partial charge is 0.339 e. The van der Waals surface area contributed by atoms with Gasteiger partial charge in [-0.15, -0.1) is 0 Å². The van der Waals surface area contributed by atoms with Crippen LogP contribution in [0.15, 0.2) is 88.3 Å². The molecule has 160 valence electrons. The predicted molar refractivity (Wildman–Crippen MR) is 125 cm³/mol. The number of carbonyl (C=O) groups excluding carboxylic acids is 1. The highest BCUT2D eigenvalue weighted by atomic mass is 32.1. The van der Waals surface area contributed by atoms with E-state index in [0.717, 1.165) is 10.2 Å². The predicted octanol–water partition coefficient (Wildman–Crippen LogP) is 5.07. The maximum absolute atomic E-state index is 13.1. The van der Waals surface area contributed by atoms with Crippen LogP contribution in [-0.2, 0) is 11.3 Å². The number of hydrogen-bond acceptors (Lipinski definition) is 7. The van der Waals surface area contributed by atoms with Gasteiger partial charge in [0, 0.05) is 11.5 Å². The van der Waals surface area contributed by atoms with Gasteiger partial charge in [-0.2, -0.15) is 0 Å². The quantitative estimate of drug-likeness (QED) is 0.346. The number of carbonyl (C=O) groups is 1. The fraction of sp³-hybridized carbons (Fsp3) is 0.0400. The number of benzene rings is 2. The first-order valence-electron chi connectivity index (χ1n) is 10.2. The van der Waals surface area contributed by atoms with E-state index >= 15 is 0 Å². The molecule has 2 aromatic carbocycles. The summed E-state index contributed by atoms with van der Waals surface area (Å²) in [4.78, 5) is 35.4. The van der Waals surface area contributed by atoms with Crippen molar-refractivity contribution in [2.45, 2.75) is 6.61 Å². The van der Waals surface area contributed by atoms with Crippen molar-refractivity contribution in [2.75, 3.05) is 0 Å². The molecule has 0 fully saturated rings. The molecule has 0 saturated heterocycles. The van der Waals surface area contributed by atoms with Crippen LogP contribution in [-0.4, -0.2) is 20.3 Å². The molecule has 6 rings (SSSR count). The highest BCUT2D eigenvalue weighted by molar-refractivity contribution is 7.23. The Labute approximate surface area is 190 Å². The van der Waals surface area contributed by atoms with E-state index in [2.05, 4.69) is 9.97 Å². The van der Waals surface area contributed by atoms with Gasteiger partial charge >= 0.3 is 5.97 Å². The summed E-state index contributed by atoms with van der Waals surface area (Å²) in [7, 11) is 0. The Hall–Kier alpha value is -4.30. The SMILES string of the molecule is O=C(OCc1cc(=O)n2c(n1)sc1ccccc12)c1cc(-c2ccco2)nc2ccccc12. The lowest BCUT2D eigenvalue weighted by Crippen LogP contribution is -2.15. The van der Waals surface area contributed by atoms with Crippen LogP contribution in [0.2, 0.25) is 0 Å². The summed E-state index contributed by atoms with van der Waals surface area (Å²) in [6.07, 6.45) is 1.55. The lowest BCUT2D eigenvalue weighted by atomic mass is 10.1. The Balaban J connectivity index is 1.34. The van der Waals surface area contributed by atoms with Gasteiger partial charge in [0.15, 0.2) is 10.7 Å². The Morgan fingerprint density at radius 3 is 2.73 bits per heavy atom. The number of aromatic nitrogens is 3. The minimum absolute atomic E-state index is 0.119. The van der Waals surface area contributed by atoms with Gasteiger partial charge in [-0.25, -0.2) is 14.8 Å². The molecule has 0 saturated carbocycles. The molecule has 0 radical (unpaired) electrons. The monoisotopic (exact) mass is 453 g/mol. The Bertz CT molecular complexity index is 1720. The van der Waals surface area contributed by atoms with Crippen molar-refractivity contribution in [2.24, 2.45) is 0 Å².